The molecule has 2 N–H and O–H groups in total. The van der Waals surface area contributed by atoms with Crippen LogP contribution < -0.4 is 5.32 Å². The van der Waals surface area contributed by atoms with Crippen molar-refractivity contribution in [1.82, 2.24) is 29.9 Å². The van der Waals surface area contributed by atoms with Gasteiger partial charge >= 0.3 is 5.97 Å². The average molecular weight is 363 g/mol. The van der Waals surface area contributed by atoms with Crippen molar-refractivity contribution in [2.45, 2.75) is 0 Å². The summed E-state index contributed by atoms with van der Waals surface area (Å²) in [6.07, 6.45) is 6.49. The van der Waals surface area contributed by atoms with Gasteiger partial charge in [0.25, 0.3) is 5.91 Å². The second-order valence-corrected chi connectivity index (χ2v) is 5.55. The van der Waals surface area contributed by atoms with E-state index >= 15 is 0 Å². The van der Waals surface area contributed by atoms with Gasteiger partial charge in [-0.15, -0.1) is 10.2 Å². The predicted octanol–water partition coefficient (Wildman–Crippen LogP) is 1.58. The summed E-state index contributed by atoms with van der Waals surface area (Å²) in [6.45, 7) is 0. The lowest BCUT2D eigenvalue weighted by molar-refractivity contribution is 0.0602. The number of esters is 1. The van der Waals surface area contributed by atoms with Gasteiger partial charge in [-0.2, -0.15) is 5.10 Å². The normalized spacial score (nSPS) is 10.7. The first kappa shape index (κ1) is 16.4. The molecule has 10 heteroatoms. The van der Waals surface area contributed by atoms with Crippen LogP contribution >= 0.6 is 0 Å². The Hall–Kier alpha value is -4.08. The number of carbonyl (C=O) groups excluding carboxylic acids is 2. The molecule has 3 aromatic heterocycles. The molecule has 0 saturated heterocycles. The average Bonchev–Trinajstić information content (AvgIpc) is 3.38. The maximum absolute atomic E-state index is 12.5. The molecule has 0 bridgehead atoms. The van der Waals surface area contributed by atoms with Crippen LogP contribution in [0.15, 0.2) is 49.2 Å². The largest absolute Gasteiger partial charge is 0.465 e. The van der Waals surface area contributed by atoms with Crippen LogP contribution in [0.2, 0.25) is 0 Å². The van der Waals surface area contributed by atoms with Crippen molar-refractivity contribution in [1.29, 1.82) is 0 Å². The lowest BCUT2D eigenvalue weighted by atomic mass is 10.1. The maximum atomic E-state index is 12.5. The number of benzene rings is 1. The number of nitrogens with zero attached hydrogens (tertiary/aromatic N) is 5. The Balaban J connectivity index is 1.63. The van der Waals surface area contributed by atoms with Gasteiger partial charge in [-0.05, 0) is 24.3 Å². The second-order valence-electron chi connectivity index (χ2n) is 5.55. The summed E-state index contributed by atoms with van der Waals surface area (Å²) < 4.78 is 6.45. The molecule has 3 heterocycles. The Morgan fingerprint density at radius 2 is 2.11 bits per heavy atom. The van der Waals surface area contributed by atoms with Gasteiger partial charge in [0.05, 0.1) is 30.1 Å². The summed E-state index contributed by atoms with van der Waals surface area (Å²) in [7, 11) is 1.27. The summed E-state index contributed by atoms with van der Waals surface area (Å²) >= 11 is 0. The van der Waals surface area contributed by atoms with Crippen LogP contribution in [0.5, 0.6) is 0 Å². The number of ether oxygens (including phenoxy) is 1. The van der Waals surface area contributed by atoms with Crippen LogP contribution in [-0.2, 0) is 4.74 Å². The van der Waals surface area contributed by atoms with Crippen molar-refractivity contribution < 1.29 is 14.3 Å². The van der Waals surface area contributed by atoms with Crippen LogP contribution in [0.1, 0.15) is 20.8 Å². The molecule has 27 heavy (non-hydrogen) atoms. The molecule has 0 fully saturated rings. The van der Waals surface area contributed by atoms with Crippen molar-refractivity contribution in [2.24, 2.45) is 0 Å². The van der Waals surface area contributed by atoms with Gasteiger partial charge in [-0.3, -0.25) is 14.5 Å². The molecule has 1 aromatic carbocycles. The molecule has 4 aromatic rings. The molecule has 0 radical (unpaired) electrons. The van der Waals surface area contributed by atoms with E-state index < -0.39 is 11.9 Å². The summed E-state index contributed by atoms with van der Waals surface area (Å²) in [4.78, 5) is 28.5. The summed E-state index contributed by atoms with van der Waals surface area (Å²) in [6, 6.07) is 6.38. The maximum Gasteiger partial charge on any atom is 0.340 e. The highest BCUT2D eigenvalue weighted by atomic mass is 16.5. The lowest BCUT2D eigenvalue weighted by Gasteiger charge is -2.10. The van der Waals surface area contributed by atoms with E-state index in [0.717, 1.165) is 5.39 Å². The number of imidazole rings is 1. The van der Waals surface area contributed by atoms with Crippen molar-refractivity contribution in [2.75, 3.05) is 12.4 Å². The number of hydrogen-bond acceptors (Lipinski definition) is 7. The van der Waals surface area contributed by atoms with E-state index in [2.05, 4.69) is 30.7 Å². The molecule has 0 atom stereocenters. The first-order chi connectivity index (χ1) is 13.2. The fourth-order valence-electron chi connectivity index (χ4n) is 2.54. The summed E-state index contributed by atoms with van der Waals surface area (Å²) in [5.74, 6) is -0.560. The van der Waals surface area contributed by atoms with E-state index in [0.29, 0.717) is 17.0 Å². The lowest BCUT2D eigenvalue weighted by Crippen LogP contribution is -2.17. The Morgan fingerprint density at radius 1 is 1.22 bits per heavy atom. The van der Waals surface area contributed by atoms with Crippen LogP contribution in [-0.4, -0.2) is 48.9 Å². The highest BCUT2D eigenvalue weighted by molar-refractivity contribution is 6.09. The standard InChI is InChI=1S/C17H13N7O3/c1-27-17(26)11-7-13-10(8-19-21-13)6-14(11)20-16(25)12-2-3-15(23-22-12)24-5-4-18-9-24/h2-9H,1H3,(H,19,21)(H,20,25). The predicted molar refractivity (Wildman–Crippen MR) is 94.5 cm³/mol. The third-order valence-corrected chi connectivity index (χ3v) is 3.88. The molecular weight excluding hydrogens is 350 g/mol. The smallest absolute Gasteiger partial charge is 0.340 e. The van der Waals surface area contributed by atoms with Gasteiger partial charge in [-0.1, -0.05) is 0 Å². The van der Waals surface area contributed by atoms with Gasteiger partial charge in [0, 0.05) is 17.8 Å². The number of hydrogen-bond donors (Lipinski definition) is 2. The molecule has 0 aliphatic rings. The highest BCUT2D eigenvalue weighted by Gasteiger charge is 2.18. The molecular formula is C17H13N7O3. The zero-order chi connectivity index (χ0) is 18.8. The zero-order valence-corrected chi connectivity index (χ0v) is 14.1. The molecule has 1 amide bonds. The molecule has 4 rings (SSSR count). The molecule has 134 valence electrons. The van der Waals surface area contributed by atoms with Crippen LogP contribution in [0, 0.1) is 0 Å². The van der Waals surface area contributed by atoms with E-state index in [9.17, 15) is 9.59 Å². The van der Waals surface area contributed by atoms with E-state index in [1.54, 1.807) is 47.7 Å². The van der Waals surface area contributed by atoms with Crippen molar-refractivity contribution in [3.63, 3.8) is 0 Å². The first-order valence-electron chi connectivity index (χ1n) is 7.84. The van der Waals surface area contributed by atoms with E-state index in [1.807, 2.05) is 0 Å². The molecule has 10 nitrogen and oxygen atoms in total. The van der Waals surface area contributed by atoms with Crippen molar-refractivity contribution >= 4 is 28.5 Å². The minimum Gasteiger partial charge on any atom is -0.465 e. The molecule has 0 aliphatic heterocycles. The molecule has 0 spiro atoms. The Labute approximate surface area is 152 Å². The summed E-state index contributed by atoms with van der Waals surface area (Å²) in [5, 5.41) is 18.0. The quantitative estimate of drug-likeness (QED) is 0.527. The van der Waals surface area contributed by atoms with Gasteiger partial charge in [0.1, 0.15) is 6.33 Å². The highest BCUT2D eigenvalue weighted by Crippen LogP contribution is 2.24. The Bertz CT molecular complexity index is 1120. The number of H-pyrrole nitrogens is 1. The minimum absolute atomic E-state index is 0.0990. The number of aromatic nitrogens is 6. The number of fused-ring (bicyclic) bond motifs is 1. The third kappa shape index (κ3) is 3.11. The van der Waals surface area contributed by atoms with Gasteiger partial charge in [0.2, 0.25) is 0 Å². The third-order valence-electron chi connectivity index (χ3n) is 3.88. The Kier molecular flexibility index (Phi) is 4.05. The summed E-state index contributed by atoms with van der Waals surface area (Å²) in [5.41, 5.74) is 1.24. The van der Waals surface area contributed by atoms with Crippen LogP contribution in [0.4, 0.5) is 5.69 Å². The number of methoxy groups -OCH3 is 1. The molecule has 0 aliphatic carbocycles. The first-order valence-corrected chi connectivity index (χ1v) is 7.84. The van der Waals surface area contributed by atoms with Crippen LogP contribution in [0.25, 0.3) is 16.7 Å². The topological polar surface area (TPSA) is 128 Å². The Morgan fingerprint density at radius 3 is 2.81 bits per heavy atom. The SMILES string of the molecule is COC(=O)c1cc2[nH]ncc2cc1NC(=O)c1ccc(-n2ccnc2)nn1. The molecule has 0 unspecified atom stereocenters. The number of rotatable bonds is 4. The van der Waals surface area contributed by atoms with Gasteiger partial charge < -0.3 is 10.1 Å². The van der Waals surface area contributed by atoms with Gasteiger partial charge in [0.15, 0.2) is 11.5 Å². The van der Waals surface area contributed by atoms with Crippen molar-refractivity contribution in [3.05, 3.63) is 60.4 Å². The van der Waals surface area contributed by atoms with E-state index in [4.69, 9.17) is 4.74 Å². The zero-order valence-electron chi connectivity index (χ0n) is 14.1. The van der Waals surface area contributed by atoms with Gasteiger partial charge in [-0.25, -0.2) is 9.78 Å². The number of nitrogens with one attached hydrogen (secondary N) is 2. The molecule has 0 saturated carbocycles. The minimum atomic E-state index is -0.580. The fourth-order valence-corrected chi connectivity index (χ4v) is 2.54. The van der Waals surface area contributed by atoms with Crippen molar-refractivity contribution in [3.8, 4) is 5.82 Å². The monoisotopic (exact) mass is 363 g/mol. The number of amides is 1. The number of aromatic amines is 1. The van der Waals surface area contributed by atoms with Crippen LogP contribution in [0.3, 0.4) is 0 Å². The second kappa shape index (κ2) is 6.67. The number of carbonyl (C=O) groups is 2. The van der Waals surface area contributed by atoms with E-state index in [1.165, 1.54) is 13.2 Å². The fraction of sp³-hybridized carbons (Fsp3) is 0.0588. The number of anilines is 1. The van der Waals surface area contributed by atoms with E-state index in [-0.39, 0.29) is 11.3 Å².